The first-order valence-electron chi connectivity index (χ1n) is 9.21. The molecule has 4 nitrogen and oxygen atoms in total. The summed E-state index contributed by atoms with van der Waals surface area (Å²) in [5, 5.41) is 5.10. The molecule has 0 aliphatic carbocycles. The van der Waals surface area contributed by atoms with Crippen LogP contribution in [0.5, 0.6) is 11.6 Å². The third-order valence-corrected chi connectivity index (χ3v) is 5.08. The van der Waals surface area contributed by atoms with Gasteiger partial charge in [0.2, 0.25) is 5.88 Å². The highest BCUT2D eigenvalue weighted by atomic mass is 35.5. The van der Waals surface area contributed by atoms with Crippen LogP contribution >= 0.6 is 34.8 Å². The molecule has 0 atom stereocenters. The minimum atomic E-state index is 0.392. The van der Waals surface area contributed by atoms with Crippen LogP contribution in [0.3, 0.4) is 0 Å². The van der Waals surface area contributed by atoms with Gasteiger partial charge in [-0.2, -0.15) is 0 Å². The van der Waals surface area contributed by atoms with Gasteiger partial charge >= 0.3 is 0 Å². The SMILES string of the molecule is Clc1ccc(OCc2ccc(Cl)c(Cl)c2)c(CNCCCOc2ccccn2)c1. The quantitative estimate of drug-likeness (QED) is 0.374. The molecule has 0 amide bonds. The smallest absolute Gasteiger partial charge is 0.213 e. The van der Waals surface area contributed by atoms with Crippen molar-refractivity contribution in [3.8, 4) is 11.6 Å². The van der Waals surface area contributed by atoms with Gasteiger partial charge in [0.15, 0.2) is 0 Å². The molecule has 1 heterocycles. The minimum absolute atomic E-state index is 0.392. The highest BCUT2D eigenvalue weighted by Crippen LogP contribution is 2.26. The summed E-state index contributed by atoms with van der Waals surface area (Å²) in [6.45, 7) is 2.43. The van der Waals surface area contributed by atoms with E-state index in [1.807, 2.05) is 42.5 Å². The molecule has 0 spiro atoms. The molecule has 0 aliphatic heterocycles. The fourth-order valence-electron chi connectivity index (χ4n) is 2.65. The first-order chi connectivity index (χ1) is 14.1. The lowest BCUT2D eigenvalue weighted by Gasteiger charge is -2.13. The number of ether oxygens (including phenoxy) is 2. The van der Waals surface area contributed by atoms with Crippen LogP contribution in [0, 0.1) is 0 Å². The van der Waals surface area contributed by atoms with Crippen LogP contribution in [0.15, 0.2) is 60.8 Å². The van der Waals surface area contributed by atoms with Crippen LogP contribution < -0.4 is 14.8 Å². The van der Waals surface area contributed by atoms with E-state index in [1.165, 1.54) is 0 Å². The molecule has 0 unspecified atom stereocenters. The summed E-state index contributed by atoms with van der Waals surface area (Å²) >= 11 is 18.2. The van der Waals surface area contributed by atoms with E-state index >= 15 is 0 Å². The van der Waals surface area contributed by atoms with Crippen LogP contribution in [0.4, 0.5) is 0 Å². The third kappa shape index (κ3) is 7.09. The Balaban J connectivity index is 1.47. The second-order valence-electron chi connectivity index (χ2n) is 6.34. The molecular formula is C22H21Cl3N2O2. The first kappa shape index (κ1) is 21.7. The van der Waals surface area contributed by atoms with E-state index < -0.39 is 0 Å². The standard InChI is InChI=1S/C22H21Cl3N2O2/c23-18-6-8-21(29-15-16-5-7-19(24)20(25)12-16)17(13-18)14-26-9-3-11-28-22-4-1-2-10-27-22/h1-2,4-8,10,12-13,26H,3,9,11,14-15H2. The van der Waals surface area contributed by atoms with Gasteiger partial charge in [0.25, 0.3) is 0 Å². The predicted molar refractivity (Wildman–Crippen MR) is 118 cm³/mol. The van der Waals surface area contributed by atoms with Crippen molar-refractivity contribution in [3.05, 3.63) is 87.0 Å². The Morgan fingerprint density at radius 1 is 0.897 bits per heavy atom. The van der Waals surface area contributed by atoms with Gasteiger partial charge in [0.05, 0.1) is 16.7 Å². The predicted octanol–water partition coefficient (Wildman–Crippen LogP) is 6.18. The number of nitrogens with one attached hydrogen (secondary N) is 1. The molecule has 0 aliphatic rings. The molecule has 3 aromatic rings. The van der Waals surface area contributed by atoms with Gasteiger partial charge in [0.1, 0.15) is 12.4 Å². The van der Waals surface area contributed by atoms with Gasteiger partial charge in [-0.3, -0.25) is 0 Å². The third-order valence-electron chi connectivity index (χ3n) is 4.10. The van der Waals surface area contributed by atoms with Crippen molar-refractivity contribution in [2.24, 2.45) is 0 Å². The maximum atomic E-state index is 6.16. The van der Waals surface area contributed by atoms with Crippen LogP contribution in [0.25, 0.3) is 0 Å². The van der Waals surface area contributed by atoms with Crippen molar-refractivity contribution in [2.45, 2.75) is 19.6 Å². The van der Waals surface area contributed by atoms with E-state index in [0.717, 1.165) is 29.8 Å². The van der Waals surface area contributed by atoms with Crippen molar-refractivity contribution < 1.29 is 9.47 Å². The highest BCUT2D eigenvalue weighted by Gasteiger charge is 2.07. The average molecular weight is 452 g/mol. The molecule has 29 heavy (non-hydrogen) atoms. The first-order valence-corrected chi connectivity index (χ1v) is 10.3. The summed E-state index contributed by atoms with van der Waals surface area (Å²) in [7, 11) is 0. The van der Waals surface area contributed by atoms with E-state index in [1.54, 1.807) is 18.3 Å². The summed E-state index contributed by atoms with van der Waals surface area (Å²) < 4.78 is 11.6. The lowest BCUT2D eigenvalue weighted by atomic mass is 10.2. The molecule has 0 bridgehead atoms. The molecule has 0 fully saturated rings. The van der Waals surface area contributed by atoms with Crippen LogP contribution in [-0.2, 0) is 13.2 Å². The molecule has 7 heteroatoms. The van der Waals surface area contributed by atoms with Crippen molar-refractivity contribution in [2.75, 3.05) is 13.2 Å². The summed E-state index contributed by atoms with van der Waals surface area (Å²) in [6, 6.07) is 16.7. The molecule has 0 saturated carbocycles. The second kappa shape index (κ2) is 11.3. The van der Waals surface area contributed by atoms with Crippen LogP contribution in [0.2, 0.25) is 15.1 Å². The van der Waals surface area contributed by atoms with Crippen molar-refractivity contribution >= 4 is 34.8 Å². The van der Waals surface area contributed by atoms with Gasteiger partial charge < -0.3 is 14.8 Å². The Morgan fingerprint density at radius 2 is 1.79 bits per heavy atom. The highest BCUT2D eigenvalue weighted by molar-refractivity contribution is 6.42. The minimum Gasteiger partial charge on any atom is -0.489 e. The van der Waals surface area contributed by atoms with E-state index in [2.05, 4.69) is 10.3 Å². The Hall–Kier alpha value is -1.98. The van der Waals surface area contributed by atoms with Crippen LogP contribution in [-0.4, -0.2) is 18.1 Å². The number of rotatable bonds is 10. The molecule has 3 rings (SSSR count). The van der Waals surface area contributed by atoms with Gasteiger partial charge in [-0.25, -0.2) is 4.98 Å². The van der Waals surface area contributed by atoms with E-state index in [9.17, 15) is 0 Å². The molecule has 2 aromatic carbocycles. The monoisotopic (exact) mass is 450 g/mol. The fourth-order valence-corrected chi connectivity index (χ4v) is 3.16. The summed E-state index contributed by atoms with van der Waals surface area (Å²) in [4.78, 5) is 4.13. The molecule has 152 valence electrons. The number of nitrogens with zero attached hydrogens (tertiary/aromatic N) is 1. The number of benzene rings is 2. The van der Waals surface area contributed by atoms with Gasteiger partial charge in [-0.1, -0.05) is 46.9 Å². The largest absolute Gasteiger partial charge is 0.489 e. The molecular weight excluding hydrogens is 431 g/mol. The normalized spacial score (nSPS) is 10.7. The topological polar surface area (TPSA) is 43.4 Å². The van der Waals surface area contributed by atoms with Crippen LogP contribution in [0.1, 0.15) is 17.5 Å². The summed E-state index contributed by atoms with van der Waals surface area (Å²) in [6.07, 6.45) is 2.57. The zero-order chi connectivity index (χ0) is 20.5. The second-order valence-corrected chi connectivity index (χ2v) is 7.59. The Kier molecular flexibility index (Phi) is 8.44. The lowest BCUT2D eigenvalue weighted by Crippen LogP contribution is -2.17. The Bertz CT molecular complexity index is 923. The Labute approximate surface area is 185 Å². The summed E-state index contributed by atoms with van der Waals surface area (Å²) in [5.41, 5.74) is 1.93. The lowest BCUT2D eigenvalue weighted by molar-refractivity contribution is 0.294. The van der Waals surface area contributed by atoms with E-state index in [0.29, 0.717) is 40.7 Å². The number of hydrogen-bond donors (Lipinski definition) is 1. The maximum absolute atomic E-state index is 6.16. The van der Waals surface area contributed by atoms with E-state index in [-0.39, 0.29) is 0 Å². The molecule has 1 N–H and O–H groups in total. The number of hydrogen-bond acceptors (Lipinski definition) is 4. The summed E-state index contributed by atoms with van der Waals surface area (Å²) in [5.74, 6) is 1.41. The van der Waals surface area contributed by atoms with Gasteiger partial charge in [-0.05, 0) is 54.9 Å². The van der Waals surface area contributed by atoms with Crippen molar-refractivity contribution in [3.63, 3.8) is 0 Å². The number of halogens is 3. The molecule has 0 radical (unpaired) electrons. The van der Waals surface area contributed by atoms with Crippen molar-refractivity contribution in [1.29, 1.82) is 0 Å². The fraction of sp³-hybridized carbons (Fsp3) is 0.227. The van der Waals surface area contributed by atoms with E-state index in [4.69, 9.17) is 44.3 Å². The molecule has 1 aromatic heterocycles. The maximum Gasteiger partial charge on any atom is 0.213 e. The average Bonchev–Trinajstić information content (AvgIpc) is 2.73. The Morgan fingerprint density at radius 3 is 2.59 bits per heavy atom. The molecule has 0 saturated heterocycles. The van der Waals surface area contributed by atoms with Crippen molar-refractivity contribution in [1.82, 2.24) is 10.3 Å². The van der Waals surface area contributed by atoms with Gasteiger partial charge in [-0.15, -0.1) is 0 Å². The zero-order valence-electron chi connectivity index (χ0n) is 15.7. The number of pyridine rings is 1. The van der Waals surface area contributed by atoms with Gasteiger partial charge in [0, 0.05) is 29.4 Å². The number of aromatic nitrogens is 1. The zero-order valence-corrected chi connectivity index (χ0v) is 18.0.